The van der Waals surface area contributed by atoms with E-state index in [1.165, 1.54) is 16.7 Å². The van der Waals surface area contributed by atoms with Gasteiger partial charge < -0.3 is 16.0 Å². The van der Waals surface area contributed by atoms with Crippen molar-refractivity contribution in [2.75, 3.05) is 23.7 Å². The molecule has 3 rings (SSSR count). The summed E-state index contributed by atoms with van der Waals surface area (Å²) in [5, 5.41) is 20.8. The Balaban J connectivity index is 1.52. The number of nitrogens with zero attached hydrogens (tertiary/aromatic N) is 2. The summed E-state index contributed by atoms with van der Waals surface area (Å²) in [6.45, 7) is 9.69. The smallest absolute Gasteiger partial charge is 0.170 e. The van der Waals surface area contributed by atoms with Gasteiger partial charge in [-0.2, -0.15) is 5.26 Å². The minimum Gasteiger partial charge on any atom is -0.369 e. The van der Waals surface area contributed by atoms with Gasteiger partial charge in [0.05, 0.1) is 11.1 Å². The molecule has 0 aliphatic rings. The predicted molar refractivity (Wildman–Crippen MR) is 129 cm³/mol. The summed E-state index contributed by atoms with van der Waals surface area (Å²) >= 11 is 5.37. The maximum Gasteiger partial charge on any atom is 0.170 e. The highest BCUT2D eigenvalue weighted by molar-refractivity contribution is 7.80. The van der Waals surface area contributed by atoms with Crippen LogP contribution in [0.5, 0.6) is 0 Å². The number of hydrogen-bond donors (Lipinski definition) is 3. The summed E-state index contributed by atoms with van der Waals surface area (Å²) in [5.41, 5.74) is 7.25. The first-order valence-electron chi connectivity index (χ1n) is 10.1. The fourth-order valence-electron chi connectivity index (χ4n) is 3.36. The average Bonchev–Trinajstić information content (AvgIpc) is 2.70. The highest BCUT2D eigenvalue weighted by atomic mass is 32.1. The second-order valence-corrected chi connectivity index (χ2v) is 8.02. The van der Waals surface area contributed by atoms with Crippen LogP contribution >= 0.6 is 12.2 Å². The van der Waals surface area contributed by atoms with Crippen LogP contribution in [0.2, 0.25) is 0 Å². The predicted octanol–water partition coefficient (Wildman–Crippen LogP) is 5.13. The molecule has 30 heavy (non-hydrogen) atoms. The van der Waals surface area contributed by atoms with Crippen molar-refractivity contribution in [1.82, 2.24) is 10.3 Å². The molecule has 0 radical (unpaired) electrons. The van der Waals surface area contributed by atoms with Crippen LogP contribution in [0.25, 0.3) is 10.9 Å². The van der Waals surface area contributed by atoms with Gasteiger partial charge in [0.2, 0.25) is 0 Å². The molecule has 5 nitrogen and oxygen atoms in total. The van der Waals surface area contributed by atoms with Crippen LogP contribution < -0.4 is 16.0 Å². The number of benzene rings is 2. The lowest BCUT2D eigenvalue weighted by atomic mass is 10.1. The third-order valence-corrected chi connectivity index (χ3v) is 5.32. The van der Waals surface area contributed by atoms with Gasteiger partial charge in [0.15, 0.2) is 5.11 Å². The van der Waals surface area contributed by atoms with Crippen molar-refractivity contribution in [3.8, 4) is 6.07 Å². The standard InChI is InChI=1S/C24H27N5S/c1-15-10-18(4)22-19(11-15)13-20(14-25)23(29-22)26-8-5-9-27-24(30)28-21-7-6-16(2)17(3)12-21/h6-7,10-13H,5,8-9H2,1-4H3,(H,26,29)(H2,27,28,30). The Morgan fingerprint density at radius 1 is 1.00 bits per heavy atom. The van der Waals surface area contributed by atoms with Crippen molar-refractivity contribution in [3.05, 3.63) is 64.2 Å². The van der Waals surface area contributed by atoms with E-state index in [9.17, 15) is 5.26 Å². The highest BCUT2D eigenvalue weighted by Gasteiger charge is 2.09. The van der Waals surface area contributed by atoms with Gasteiger partial charge in [0.25, 0.3) is 0 Å². The Bertz CT molecular complexity index is 1130. The first kappa shape index (κ1) is 21.5. The van der Waals surface area contributed by atoms with Crippen LogP contribution in [0.3, 0.4) is 0 Å². The van der Waals surface area contributed by atoms with Crippen molar-refractivity contribution in [2.45, 2.75) is 34.1 Å². The number of anilines is 2. The average molecular weight is 418 g/mol. The van der Waals surface area contributed by atoms with E-state index in [0.717, 1.165) is 35.1 Å². The maximum absolute atomic E-state index is 9.50. The van der Waals surface area contributed by atoms with Gasteiger partial charge in [-0.25, -0.2) is 4.98 Å². The molecule has 3 aromatic rings. The fourth-order valence-corrected chi connectivity index (χ4v) is 3.58. The Morgan fingerprint density at radius 2 is 1.80 bits per heavy atom. The lowest BCUT2D eigenvalue weighted by Crippen LogP contribution is -2.30. The molecule has 0 unspecified atom stereocenters. The van der Waals surface area contributed by atoms with Crippen LogP contribution in [0, 0.1) is 39.0 Å². The van der Waals surface area contributed by atoms with E-state index in [1.54, 1.807) is 0 Å². The van der Waals surface area contributed by atoms with Crippen LogP contribution in [0.4, 0.5) is 11.5 Å². The Hall–Kier alpha value is -3.17. The molecule has 3 N–H and O–H groups in total. The summed E-state index contributed by atoms with van der Waals surface area (Å²) in [7, 11) is 0. The first-order valence-corrected chi connectivity index (χ1v) is 10.5. The molecule has 0 aliphatic carbocycles. The van der Waals surface area contributed by atoms with E-state index in [1.807, 2.05) is 19.1 Å². The molecule has 0 saturated carbocycles. The van der Waals surface area contributed by atoms with Crippen LogP contribution in [0.15, 0.2) is 36.4 Å². The molecule has 6 heteroatoms. The monoisotopic (exact) mass is 417 g/mol. The zero-order valence-corrected chi connectivity index (χ0v) is 18.7. The van der Waals surface area contributed by atoms with Crippen molar-refractivity contribution in [1.29, 1.82) is 5.26 Å². The third kappa shape index (κ3) is 5.25. The molecular formula is C24H27N5S. The van der Waals surface area contributed by atoms with Gasteiger partial charge in [0, 0.05) is 24.2 Å². The molecule has 0 aliphatic heterocycles. The fraction of sp³-hybridized carbons (Fsp3) is 0.292. The summed E-state index contributed by atoms with van der Waals surface area (Å²) in [6.07, 6.45) is 0.839. The van der Waals surface area contributed by atoms with Gasteiger partial charge in [-0.15, -0.1) is 0 Å². The summed E-state index contributed by atoms with van der Waals surface area (Å²) in [4.78, 5) is 4.70. The molecule has 154 valence electrons. The minimum atomic E-state index is 0.562. The largest absolute Gasteiger partial charge is 0.369 e. The van der Waals surface area contributed by atoms with Crippen molar-refractivity contribution < 1.29 is 0 Å². The lowest BCUT2D eigenvalue weighted by molar-refractivity contribution is 0.807. The number of thiocarbonyl (C=S) groups is 1. The molecule has 1 heterocycles. The maximum atomic E-state index is 9.50. The van der Waals surface area contributed by atoms with E-state index in [4.69, 9.17) is 17.2 Å². The SMILES string of the molecule is Cc1cc(C)c2nc(NCCCNC(=S)Nc3ccc(C)c(C)c3)c(C#N)cc2c1. The summed E-state index contributed by atoms with van der Waals surface area (Å²) in [5.74, 6) is 0.632. The van der Waals surface area contributed by atoms with E-state index in [0.29, 0.717) is 23.0 Å². The van der Waals surface area contributed by atoms with Crippen molar-refractivity contribution >= 4 is 39.7 Å². The Labute approximate surface area is 183 Å². The topological polar surface area (TPSA) is 72.8 Å². The van der Waals surface area contributed by atoms with E-state index in [2.05, 4.69) is 67.1 Å². The zero-order valence-electron chi connectivity index (χ0n) is 17.9. The van der Waals surface area contributed by atoms with Crippen LogP contribution in [0.1, 0.15) is 34.2 Å². The number of hydrogen-bond acceptors (Lipinski definition) is 4. The van der Waals surface area contributed by atoms with Gasteiger partial charge in [0.1, 0.15) is 11.9 Å². The first-order chi connectivity index (χ1) is 14.4. The zero-order chi connectivity index (χ0) is 21.7. The molecule has 0 spiro atoms. The van der Waals surface area contributed by atoms with Gasteiger partial charge in [-0.05, 0) is 87.3 Å². The molecule has 0 bridgehead atoms. The second kappa shape index (κ2) is 9.55. The number of aromatic nitrogens is 1. The molecule has 0 fully saturated rings. The van der Waals surface area contributed by atoms with E-state index in [-0.39, 0.29) is 0 Å². The normalized spacial score (nSPS) is 10.5. The van der Waals surface area contributed by atoms with Gasteiger partial charge in [-0.1, -0.05) is 17.7 Å². The summed E-state index contributed by atoms with van der Waals surface area (Å²) in [6, 6.07) is 14.5. The Kier molecular flexibility index (Phi) is 6.86. The molecule has 0 atom stereocenters. The molecule has 0 amide bonds. The second-order valence-electron chi connectivity index (χ2n) is 7.61. The number of pyridine rings is 1. The quantitative estimate of drug-likeness (QED) is 0.381. The Morgan fingerprint density at radius 3 is 2.53 bits per heavy atom. The molecule has 1 aromatic heterocycles. The summed E-state index contributed by atoms with van der Waals surface area (Å²) < 4.78 is 0. The number of nitriles is 1. The van der Waals surface area contributed by atoms with E-state index >= 15 is 0 Å². The number of rotatable bonds is 6. The van der Waals surface area contributed by atoms with Crippen molar-refractivity contribution in [3.63, 3.8) is 0 Å². The van der Waals surface area contributed by atoms with Crippen molar-refractivity contribution in [2.24, 2.45) is 0 Å². The van der Waals surface area contributed by atoms with Gasteiger partial charge >= 0.3 is 0 Å². The third-order valence-electron chi connectivity index (χ3n) is 5.07. The molecular weight excluding hydrogens is 390 g/mol. The minimum absolute atomic E-state index is 0.562. The van der Waals surface area contributed by atoms with E-state index < -0.39 is 0 Å². The highest BCUT2D eigenvalue weighted by Crippen LogP contribution is 2.24. The molecule has 2 aromatic carbocycles. The van der Waals surface area contributed by atoms with Crippen LogP contribution in [-0.4, -0.2) is 23.2 Å². The number of fused-ring (bicyclic) bond motifs is 1. The number of nitrogens with one attached hydrogen (secondary N) is 3. The van der Waals surface area contributed by atoms with Gasteiger partial charge in [-0.3, -0.25) is 0 Å². The van der Waals surface area contributed by atoms with Crippen LogP contribution in [-0.2, 0) is 0 Å². The lowest BCUT2D eigenvalue weighted by Gasteiger charge is -2.13. The molecule has 0 saturated heterocycles. The number of aryl methyl sites for hydroxylation is 4.